The molecule has 2 saturated carbocycles. The molecule has 4 nitrogen and oxygen atoms in total. The summed E-state index contributed by atoms with van der Waals surface area (Å²) in [4.78, 5) is 22.3. The number of fused-ring (bicyclic) bond motifs is 2. The Morgan fingerprint density at radius 3 is 2.64 bits per heavy atom. The molecule has 4 aliphatic rings. The quantitative estimate of drug-likeness (QED) is 0.698. The number of hydrogen-bond acceptors (Lipinski definition) is 3. The maximum atomic E-state index is 12.8. The van der Waals surface area contributed by atoms with E-state index in [4.69, 9.17) is 4.99 Å². The Balaban J connectivity index is 1.80. The van der Waals surface area contributed by atoms with E-state index in [-0.39, 0.29) is 17.5 Å². The number of hydrogen-bond donors (Lipinski definition) is 0. The maximum Gasteiger partial charge on any atom is 0.270 e. The first kappa shape index (κ1) is 14.3. The summed E-state index contributed by atoms with van der Waals surface area (Å²) >= 11 is 0. The van der Waals surface area contributed by atoms with Crippen LogP contribution in [0.3, 0.4) is 0 Å². The summed E-state index contributed by atoms with van der Waals surface area (Å²) in [6, 6.07) is 0.658. The lowest BCUT2D eigenvalue weighted by molar-refractivity contribution is -0.130. The number of aliphatic imine (C=N–C) groups is 1. The fourth-order valence-corrected chi connectivity index (χ4v) is 4.75. The van der Waals surface area contributed by atoms with Crippen LogP contribution < -0.4 is 0 Å². The molecular weight excluding hydrogens is 274 g/mol. The van der Waals surface area contributed by atoms with Crippen LogP contribution in [0.2, 0.25) is 0 Å². The third-order valence-electron chi connectivity index (χ3n) is 6.31. The van der Waals surface area contributed by atoms with E-state index < -0.39 is 0 Å². The van der Waals surface area contributed by atoms with E-state index in [1.807, 2.05) is 24.9 Å². The van der Waals surface area contributed by atoms with Gasteiger partial charge in [0.2, 0.25) is 0 Å². The van der Waals surface area contributed by atoms with Crippen molar-refractivity contribution >= 4 is 11.7 Å². The van der Waals surface area contributed by atoms with E-state index in [9.17, 15) is 4.79 Å². The Bertz CT molecular complexity index is 561. The average Bonchev–Trinajstić information content (AvgIpc) is 2.91. The first-order valence-corrected chi connectivity index (χ1v) is 8.87. The maximum absolute atomic E-state index is 12.8. The normalized spacial score (nSPS) is 40.4. The van der Waals surface area contributed by atoms with Crippen LogP contribution in [-0.2, 0) is 4.79 Å². The Morgan fingerprint density at radius 1 is 1.23 bits per heavy atom. The van der Waals surface area contributed by atoms with Gasteiger partial charge in [-0.15, -0.1) is 0 Å². The summed E-state index contributed by atoms with van der Waals surface area (Å²) in [5, 5.41) is 0. The fraction of sp³-hybridized carbons (Fsp3) is 0.778. The highest BCUT2D eigenvalue weighted by molar-refractivity contribution is 6.06. The van der Waals surface area contributed by atoms with Crippen molar-refractivity contribution in [2.75, 3.05) is 7.05 Å². The molecule has 0 aromatic carbocycles. The molecule has 120 valence electrons. The fourth-order valence-electron chi connectivity index (χ4n) is 4.75. The molecule has 0 aromatic rings. The summed E-state index contributed by atoms with van der Waals surface area (Å²) in [7, 11) is 1.96. The monoisotopic (exact) mass is 301 g/mol. The second-order valence-electron chi connectivity index (χ2n) is 7.72. The lowest BCUT2D eigenvalue weighted by atomic mass is 9.99. The lowest BCUT2D eigenvalue weighted by Crippen LogP contribution is -2.59. The highest BCUT2D eigenvalue weighted by atomic mass is 16.2. The number of rotatable bonds is 1. The van der Waals surface area contributed by atoms with Gasteiger partial charge in [-0.25, -0.2) is 0 Å². The molecule has 1 saturated heterocycles. The Labute approximate surface area is 133 Å². The third kappa shape index (κ3) is 1.95. The van der Waals surface area contributed by atoms with Crippen molar-refractivity contribution in [2.24, 2.45) is 10.9 Å². The second kappa shape index (κ2) is 4.84. The number of carbonyl (C=O) groups is 1. The molecule has 3 unspecified atom stereocenters. The van der Waals surface area contributed by atoms with Gasteiger partial charge in [0.1, 0.15) is 11.5 Å². The van der Waals surface area contributed by atoms with E-state index in [1.165, 1.54) is 44.4 Å². The van der Waals surface area contributed by atoms with E-state index >= 15 is 0 Å². The van der Waals surface area contributed by atoms with Crippen molar-refractivity contribution in [2.45, 2.75) is 76.4 Å². The van der Waals surface area contributed by atoms with Crippen molar-refractivity contribution in [1.82, 2.24) is 9.80 Å². The SMILES string of the molecule is C/C=C1\C(=O)N(C)C2CCC3CC3(C)N=C2N1C1CCCC1. The van der Waals surface area contributed by atoms with Gasteiger partial charge in [0, 0.05) is 13.1 Å². The smallest absolute Gasteiger partial charge is 0.270 e. The number of amides is 1. The molecule has 0 radical (unpaired) electrons. The number of nitrogens with zero attached hydrogens (tertiary/aromatic N) is 3. The van der Waals surface area contributed by atoms with Crippen molar-refractivity contribution < 1.29 is 4.79 Å². The summed E-state index contributed by atoms with van der Waals surface area (Å²) in [6.07, 6.45) is 10.4. The summed E-state index contributed by atoms with van der Waals surface area (Å²) in [6.45, 7) is 4.29. The number of amidine groups is 1. The zero-order chi connectivity index (χ0) is 15.5. The molecule has 0 spiro atoms. The Morgan fingerprint density at radius 2 is 1.95 bits per heavy atom. The average molecular weight is 301 g/mol. The molecule has 4 rings (SSSR count). The number of piperazine rings is 1. The standard InChI is InChI=1S/C18H27N3O/c1-4-14-17(22)20(3)15-10-9-12-11-18(12,2)19-16(15)21(14)13-7-5-6-8-13/h4,12-13,15H,5-11H2,1-3H3/b14-4+. The molecule has 2 aliphatic heterocycles. The van der Waals surface area contributed by atoms with Gasteiger partial charge in [0.25, 0.3) is 5.91 Å². The van der Waals surface area contributed by atoms with Crippen LogP contribution in [0.5, 0.6) is 0 Å². The van der Waals surface area contributed by atoms with Crippen LogP contribution in [0.25, 0.3) is 0 Å². The summed E-state index contributed by atoms with van der Waals surface area (Å²) in [5.74, 6) is 2.09. The molecule has 0 N–H and O–H groups in total. The van der Waals surface area contributed by atoms with Gasteiger partial charge in [-0.1, -0.05) is 18.9 Å². The van der Waals surface area contributed by atoms with E-state index in [0.717, 1.165) is 18.0 Å². The Kier molecular flexibility index (Phi) is 3.14. The minimum Gasteiger partial charge on any atom is -0.330 e. The molecule has 0 bridgehead atoms. The van der Waals surface area contributed by atoms with Gasteiger partial charge in [-0.05, 0) is 51.9 Å². The van der Waals surface area contributed by atoms with Gasteiger partial charge in [-0.2, -0.15) is 0 Å². The minimum absolute atomic E-state index is 0.140. The molecular formula is C18H27N3O. The molecule has 2 aliphatic carbocycles. The highest BCUT2D eigenvalue weighted by Crippen LogP contribution is 2.52. The van der Waals surface area contributed by atoms with Crippen molar-refractivity contribution in [3.63, 3.8) is 0 Å². The van der Waals surface area contributed by atoms with Crippen LogP contribution in [-0.4, -0.2) is 46.2 Å². The van der Waals surface area contributed by atoms with E-state index in [1.54, 1.807) is 0 Å². The molecule has 0 aromatic heterocycles. The van der Waals surface area contributed by atoms with Crippen molar-refractivity contribution in [3.05, 3.63) is 11.8 Å². The number of likely N-dealkylation sites (N-methyl/N-ethyl adjacent to an activating group) is 1. The molecule has 22 heavy (non-hydrogen) atoms. The zero-order valence-corrected chi connectivity index (χ0v) is 14.0. The number of carbonyl (C=O) groups excluding carboxylic acids is 1. The van der Waals surface area contributed by atoms with E-state index in [0.29, 0.717) is 6.04 Å². The predicted octanol–water partition coefficient (Wildman–Crippen LogP) is 2.95. The van der Waals surface area contributed by atoms with Crippen molar-refractivity contribution in [1.29, 1.82) is 0 Å². The van der Waals surface area contributed by atoms with Crippen LogP contribution in [0.4, 0.5) is 0 Å². The number of allylic oxidation sites excluding steroid dienone is 1. The van der Waals surface area contributed by atoms with Gasteiger partial charge in [0.05, 0.1) is 11.6 Å². The molecule has 3 fully saturated rings. The predicted molar refractivity (Wildman–Crippen MR) is 87.6 cm³/mol. The summed E-state index contributed by atoms with van der Waals surface area (Å²) < 4.78 is 0. The van der Waals surface area contributed by atoms with Crippen molar-refractivity contribution in [3.8, 4) is 0 Å². The van der Waals surface area contributed by atoms with Gasteiger partial charge < -0.3 is 9.80 Å². The molecule has 2 heterocycles. The van der Waals surface area contributed by atoms with Gasteiger partial charge in [-0.3, -0.25) is 9.79 Å². The first-order valence-electron chi connectivity index (χ1n) is 8.87. The third-order valence-corrected chi connectivity index (χ3v) is 6.31. The first-order chi connectivity index (χ1) is 10.5. The minimum atomic E-state index is 0.140. The second-order valence-corrected chi connectivity index (χ2v) is 7.72. The summed E-state index contributed by atoms with van der Waals surface area (Å²) in [5.41, 5.74) is 0.994. The van der Waals surface area contributed by atoms with E-state index in [2.05, 4.69) is 11.8 Å². The molecule has 4 heteroatoms. The van der Waals surface area contributed by atoms with Gasteiger partial charge in [0.15, 0.2) is 0 Å². The molecule has 3 atom stereocenters. The molecule has 1 amide bonds. The van der Waals surface area contributed by atoms with Gasteiger partial charge >= 0.3 is 0 Å². The van der Waals surface area contributed by atoms with Crippen LogP contribution in [0.1, 0.15) is 58.8 Å². The zero-order valence-electron chi connectivity index (χ0n) is 14.0. The van der Waals surface area contributed by atoms with Crippen LogP contribution >= 0.6 is 0 Å². The lowest BCUT2D eigenvalue weighted by Gasteiger charge is -2.45. The Hall–Kier alpha value is -1.32. The largest absolute Gasteiger partial charge is 0.330 e. The topological polar surface area (TPSA) is 35.9 Å². The van der Waals surface area contributed by atoms with Crippen LogP contribution in [0, 0.1) is 5.92 Å². The van der Waals surface area contributed by atoms with Crippen LogP contribution in [0.15, 0.2) is 16.8 Å². The highest BCUT2D eigenvalue weighted by Gasteiger charge is 2.55.